The van der Waals surface area contributed by atoms with E-state index in [1.807, 2.05) is 0 Å². The maximum Gasteiger partial charge on any atom is 0.201 e. The van der Waals surface area contributed by atoms with Crippen LogP contribution in [0.1, 0.15) is 0 Å². The Hall–Kier alpha value is -3.12. The number of hydrazone groups is 1. The molecule has 0 unspecified atom stereocenters. The van der Waals surface area contributed by atoms with Crippen LogP contribution in [0.5, 0.6) is 5.75 Å². The summed E-state index contributed by atoms with van der Waals surface area (Å²) in [4.78, 5) is 0. The minimum absolute atomic E-state index is 0.0647. The van der Waals surface area contributed by atoms with E-state index in [0.29, 0.717) is 11.6 Å². The predicted molar refractivity (Wildman–Crippen MR) is 87.7 cm³/mol. The van der Waals surface area contributed by atoms with Crippen molar-refractivity contribution < 1.29 is 9.13 Å². The van der Waals surface area contributed by atoms with E-state index in [9.17, 15) is 4.39 Å². The van der Waals surface area contributed by atoms with Crippen LogP contribution in [0.25, 0.3) is 0 Å². The molecule has 124 valence electrons. The zero-order valence-corrected chi connectivity index (χ0v) is 13.1. The van der Waals surface area contributed by atoms with Crippen LogP contribution in [0.3, 0.4) is 0 Å². The molecule has 4 N–H and O–H groups in total. The molecule has 0 saturated carbocycles. The molecule has 0 radical (unpaired) electrons. The van der Waals surface area contributed by atoms with Crippen LogP contribution in [0.15, 0.2) is 35.7 Å². The molecule has 0 amide bonds. The third-order valence-electron chi connectivity index (χ3n) is 2.77. The van der Waals surface area contributed by atoms with Crippen LogP contribution in [0.4, 0.5) is 10.1 Å². The summed E-state index contributed by atoms with van der Waals surface area (Å²) in [5.41, 5.74) is 7.59. The summed E-state index contributed by atoms with van der Waals surface area (Å²) >= 11 is 5.74. The zero-order valence-electron chi connectivity index (χ0n) is 12.3. The number of rotatable bonds is 7. The molecule has 0 atom stereocenters. The Balaban J connectivity index is 1.94. The zero-order chi connectivity index (χ0) is 17.5. The van der Waals surface area contributed by atoms with Crippen molar-refractivity contribution in [3.63, 3.8) is 0 Å². The number of hydrogen-bond donors (Lipinski definition) is 3. The summed E-state index contributed by atoms with van der Waals surface area (Å²) in [5.74, 6) is -1.02. The second kappa shape index (κ2) is 7.94. The van der Waals surface area contributed by atoms with E-state index in [0.717, 1.165) is 6.07 Å². The molecule has 1 aromatic heterocycles. The second-order valence-corrected chi connectivity index (χ2v) is 4.95. The first kappa shape index (κ1) is 17.2. The van der Waals surface area contributed by atoms with E-state index >= 15 is 0 Å². The SMILES string of the molecule is N#C/C(=N\Nc1ccc(OCCn2cc(Cl)cn2)c(F)c1)C(=N)N. The van der Waals surface area contributed by atoms with Crippen molar-refractivity contribution >= 4 is 28.8 Å². The molecule has 1 heterocycles. The van der Waals surface area contributed by atoms with Crippen molar-refractivity contribution in [2.24, 2.45) is 10.8 Å². The van der Waals surface area contributed by atoms with Gasteiger partial charge in [-0.2, -0.15) is 15.5 Å². The highest BCUT2D eigenvalue weighted by Crippen LogP contribution is 2.21. The first-order valence-electron chi connectivity index (χ1n) is 6.68. The number of halogens is 2. The van der Waals surface area contributed by atoms with Gasteiger partial charge in [-0.1, -0.05) is 11.6 Å². The number of amidine groups is 1. The van der Waals surface area contributed by atoms with Crippen LogP contribution >= 0.6 is 11.6 Å². The minimum atomic E-state index is -0.602. The van der Waals surface area contributed by atoms with Gasteiger partial charge < -0.3 is 10.5 Å². The van der Waals surface area contributed by atoms with Gasteiger partial charge in [-0.3, -0.25) is 15.5 Å². The molecule has 10 heteroatoms. The molecule has 24 heavy (non-hydrogen) atoms. The van der Waals surface area contributed by atoms with E-state index in [4.69, 9.17) is 32.7 Å². The third-order valence-corrected chi connectivity index (χ3v) is 2.96. The van der Waals surface area contributed by atoms with Crippen molar-refractivity contribution in [1.82, 2.24) is 9.78 Å². The Bertz CT molecular complexity index is 812. The lowest BCUT2D eigenvalue weighted by atomic mass is 10.3. The number of aromatic nitrogens is 2. The summed E-state index contributed by atoms with van der Waals surface area (Å²) in [7, 11) is 0. The fraction of sp³-hybridized carbons (Fsp3) is 0.143. The van der Waals surface area contributed by atoms with Crippen molar-refractivity contribution in [2.75, 3.05) is 12.0 Å². The van der Waals surface area contributed by atoms with Gasteiger partial charge in [0, 0.05) is 12.3 Å². The molecule has 0 saturated heterocycles. The summed E-state index contributed by atoms with van der Waals surface area (Å²) in [6.45, 7) is 0.628. The Morgan fingerprint density at radius 1 is 1.58 bits per heavy atom. The quantitative estimate of drug-likeness (QED) is 0.400. The molecule has 0 aliphatic carbocycles. The van der Waals surface area contributed by atoms with Gasteiger partial charge in [0.25, 0.3) is 0 Å². The number of nitrogens with one attached hydrogen (secondary N) is 2. The molecule has 0 fully saturated rings. The molecule has 0 spiro atoms. The average Bonchev–Trinajstić information content (AvgIpc) is 2.95. The van der Waals surface area contributed by atoms with E-state index in [-0.39, 0.29) is 23.8 Å². The van der Waals surface area contributed by atoms with E-state index in [1.54, 1.807) is 16.9 Å². The lowest BCUT2D eigenvalue weighted by Crippen LogP contribution is -2.21. The van der Waals surface area contributed by atoms with Gasteiger partial charge in [-0.15, -0.1) is 0 Å². The number of nitrogens with two attached hydrogens (primary N) is 1. The Morgan fingerprint density at radius 3 is 2.96 bits per heavy atom. The Labute approximate surface area is 141 Å². The molecule has 1 aromatic carbocycles. The van der Waals surface area contributed by atoms with Gasteiger partial charge in [0.05, 0.1) is 23.5 Å². The summed E-state index contributed by atoms with van der Waals surface area (Å²) < 4.78 is 20.9. The monoisotopic (exact) mass is 349 g/mol. The molecular formula is C14H13ClFN7O. The average molecular weight is 350 g/mol. The fourth-order valence-electron chi connectivity index (χ4n) is 1.66. The second-order valence-electron chi connectivity index (χ2n) is 4.51. The van der Waals surface area contributed by atoms with Gasteiger partial charge in [0.2, 0.25) is 5.71 Å². The van der Waals surface area contributed by atoms with Gasteiger partial charge in [-0.25, -0.2) is 4.39 Å². The molecule has 0 aliphatic rings. The maximum absolute atomic E-state index is 14.0. The minimum Gasteiger partial charge on any atom is -0.489 e. The number of ether oxygens (including phenoxy) is 1. The largest absolute Gasteiger partial charge is 0.489 e. The Morgan fingerprint density at radius 2 is 2.38 bits per heavy atom. The highest BCUT2D eigenvalue weighted by molar-refractivity contribution is 6.45. The summed E-state index contributed by atoms with van der Waals surface area (Å²) in [6, 6.07) is 5.73. The number of hydrogen-bond acceptors (Lipinski definition) is 6. The highest BCUT2D eigenvalue weighted by atomic mass is 35.5. The summed E-state index contributed by atoms with van der Waals surface area (Å²) in [5, 5.41) is 23.9. The van der Waals surface area contributed by atoms with E-state index in [2.05, 4.69) is 15.6 Å². The number of nitriles is 1. The van der Waals surface area contributed by atoms with Gasteiger partial charge in [-0.05, 0) is 12.1 Å². The number of nitrogens with zero attached hydrogens (tertiary/aromatic N) is 4. The van der Waals surface area contributed by atoms with E-state index in [1.165, 1.54) is 18.3 Å². The molecular weight excluding hydrogens is 337 g/mol. The van der Waals surface area contributed by atoms with Crippen LogP contribution < -0.4 is 15.9 Å². The normalized spacial score (nSPS) is 11.0. The van der Waals surface area contributed by atoms with Crippen molar-refractivity contribution in [3.05, 3.63) is 41.4 Å². The van der Waals surface area contributed by atoms with Crippen molar-refractivity contribution in [2.45, 2.75) is 6.54 Å². The lowest BCUT2D eigenvalue weighted by molar-refractivity contribution is 0.278. The molecule has 2 aromatic rings. The van der Waals surface area contributed by atoms with Gasteiger partial charge in [0.1, 0.15) is 12.7 Å². The molecule has 0 bridgehead atoms. The smallest absolute Gasteiger partial charge is 0.201 e. The van der Waals surface area contributed by atoms with Crippen molar-refractivity contribution in [3.8, 4) is 11.8 Å². The van der Waals surface area contributed by atoms with Crippen LogP contribution in [-0.4, -0.2) is 27.9 Å². The molecule has 0 aliphatic heterocycles. The van der Waals surface area contributed by atoms with Gasteiger partial charge in [0.15, 0.2) is 17.4 Å². The Kier molecular flexibility index (Phi) is 5.70. The lowest BCUT2D eigenvalue weighted by Gasteiger charge is -2.09. The van der Waals surface area contributed by atoms with Crippen LogP contribution in [0, 0.1) is 22.6 Å². The third kappa shape index (κ3) is 4.69. The molecule has 2 rings (SSSR count). The first-order valence-corrected chi connectivity index (χ1v) is 7.06. The standard InChI is InChI=1S/C14H13ClFN7O/c15-9-7-20-23(8-9)3-4-24-13-2-1-10(5-11(13)16)21-22-12(6-17)14(18)19/h1-2,5,7-8,21H,3-4H2,(H3,18,19)/b22-12+. The van der Waals surface area contributed by atoms with E-state index < -0.39 is 11.7 Å². The van der Waals surface area contributed by atoms with Gasteiger partial charge >= 0.3 is 0 Å². The molecule has 8 nitrogen and oxygen atoms in total. The fourth-order valence-corrected chi connectivity index (χ4v) is 1.82. The van der Waals surface area contributed by atoms with Crippen LogP contribution in [-0.2, 0) is 6.54 Å². The van der Waals surface area contributed by atoms with Crippen molar-refractivity contribution in [1.29, 1.82) is 10.7 Å². The maximum atomic E-state index is 14.0. The number of benzene rings is 1. The number of anilines is 1. The predicted octanol–water partition coefficient (Wildman–Crippen LogP) is 1.98. The first-order chi connectivity index (χ1) is 11.5. The summed E-state index contributed by atoms with van der Waals surface area (Å²) in [6.07, 6.45) is 3.13. The highest BCUT2D eigenvalue weighted by Gasteiger charge is 2.06. The topological polar surface area (TPSA) is 125 Å². The van der Waals surface area contributed by atoms with Crippen LogP contribution in [0.2, 0.25) is 5.02 Å².